The quantitative estimate of drug-likeness (QED) is 0.798. The van der Waals surface area contributed by atoms with Crippen molar-refractivity contribution in [3.8, 4) is 0 Å². The van der Waals surface area contributed by atoms with E-state index in [2.05, 4.69) is 31.4 Å². The number of hydrogen-bond acceptors (Lipinski definition) is 2. The van der Waals surface area contributed by atoms with Crippen LogP contribution in [0.5, 0.6) is 0 Å². The molecule has 2 N–H and O–H groups in total. The zero-order valence-electron chi connectivity index (χ0n) is 15.7. The summed E-state index contributed by atoms with van der Waals surface area (Å²) in [6.07, 6.45) is 0.177. The van der Waals surface area contributed by atoms with Crippen LogP contribution in [0.2, 0.25) is 5.02 Å². The topological polar surface area (TPSA) is 58.2 Å². The maximum Gasteiger partial charge on any atom is 0.251 e. The Morgan fingerprint density at radius 1 is 1.04 bits per heavy atom. The summed E-state index contributed by atoms with van der Waals surface area (Å²) < 4.78 is 0. The molecule has 0 atom stereocenters. The molecule has 0 spiro atoms. The molecule has 4 nitrogen and oxygen atoms in total. The summed E-state index contributed by atoms with van der Waals surface area (Å²) >= 11 is 6.10. The fourth-order valence-corrected chi connectivity index (χ4v) is 2.73. The van der Waals surface area contributed by atoms with Crippen LogP contribution in [0.25, 0.3) is 0 Å². The van der Waals surface area contributed by atoms with Crippen molar-refractivity contribution in [1.82, 2.24) is 5.32 Å². The molecule has 0 bridgehead atoms. The molecule has 0 saturated heterocycles. The number of rotatable bonds is 5. The van der Waals surface area contributed by atoms with Crippen molar-refractivity contribution < 1.29 is 9.59 Å². The minimum Gasteiger partial charge on any atom is -0.352 e. The maximum absolute atomic E-state index is 12.2. The fourth-order valence-electron chi connectivity index (χ4n) is 2.45. The Morgan fingerprint density at radius 2 is 1.69 bits per heavy atom. The van der Waals surface area contributed by atoms with Crippen molar-refractivity contribution in [2.24, 2.45) is 0 Å². The minimum atomic E-state index is -0.195. The smallest absolute Gasteiger partial charge is 0.251 e. The predicted octanol–water partition coefficient (Wildman–Crippen LogP) is 4.70. The molecular weight excluding hydrogens is 348 g/mol. The van der Waals surface area contributed by atoms with Crippen molar-refractivity contribution in [3.63, 3.8) is 0 Å². The number of nitrogens with one attached hydrogen (secondary N) is 2. The predicted molar refractivity (Wildman–Crippen MR) is 107 cm³/mol. The van der Waals surface area contributed by atoms with E-state index in [0.717, 1.165) is 5.56 Å². The Bertz CT molecular complexity index is 793. The molecule has 26 heavy (non-hydrogen) atoms. The molecule has 2 aromatic rings. The van der Waals surface area contributed by atoms with E-state index in [-0.39, 0.29) is 30.2 Å². The van der Waals surface area contributed by atoms with E-state index in [0.29, 0.717) is 16.3 Å². The summed E-state index contributed by atoms with van der Waals surface area (Å²) in [6, 6.07) is 13.0. The highest BCUT2D eigenvalue weighted by Crippen LogP contribution is 2.23. The van der Waals surface area contributed by atoms with E-state index < -0.39 is 0 Å². The van der Waals surface area contributed by atoms with Crippen LogP contribution in [0.1, 0.15) is 48.7 Å². The molecule has 0 unspecified atom stereocenters. The Labute approximate surface area is 159 Å². The zero-order valence-corrected chi connectivity index (χ0v) is 16.4. The van der Waals surface area contributed by atoms with Gasteiger partial charge >= 0.3 is 0 Å². The molecular formula is C21H25ClN2O2. The van der Waals surface area contributed by atoms with Gasteiger partial charge in [0.05, 0.1) is 10.7 Å². The van der Waals surface area contributed by atoms with E-state index >= 15 is 0 Å². The number of anilines is 1. The summed E-state index contributed by atoms with van der Waals surface area (Å²) in [4.78, 5) is 24.2. The van der Waals surface area contributed by atoms with Gasteiger partial charge in [-0.3, -0.25) is 9.59 Å². The monoisotopic (exact) mass is 372 g/mol. The van der Waals surface area contributed by atoms with E-state index in [9.17, 15) is 9.59 Å². The van der Waals surface area contributed by atoms with Crippen LogP contribution < -0.4 is 10.6 Å². The fraction of sp³-hybridized carbons (Fsp3) is 0.333. The van der Waals surface area contributed by atoms with E-state index in [4.69, 9.17) is 11.6 Å². The van der Waals surface area contributed by atoms with Crippen molar-refractivity contribution in [3.05, 3.63) is 64.2 Å². The summed E-state index contributed by atoms with van der Waals surface area (Å²) in [5.74, 6) is -0.384. The Morgan fingerprint density at radius 3 is 2.27 bits per heavy atom. The zero-order chi connectivity index (χ0) is 19.3. The summed E-state index contributed by atoms with van der Waals surface area (Å²) in [5, 5.41) is 6.02. The van der Waals surface area contributed by atoms with Crippen LogP contribution >= 0.6 is 11.6 Å². The average Bonchev–Trinajstić information content (AvgIpc) is 2.56. The van der Waals surface area contributed by atoms with E-state index in [1.54, 1.807) is 12.1 Å². The van der Waals surface area contributed by atoms with Gasteiger partial charge in [0.2, 0.25) is 5.91 Å². The van der Waals surface area contributed by atoms with Crippen LogP contribution in [-0.2, 0) is 10.2 Å². The molecule has 0 heterocycles. The number of halogens is 1. The first-order chi connectivity index (χ1) is 12.2. The molecule has 0 aliphatic carbocycles. The highest BCUT2D eigenvalue weighted by Gasteiger charge is 2.14. The lowest BCUT2D eigenvalue weighted by Crippen LogP contribution is -2.27. The molecule has 0 radical (unpaired) electrons. The third kappa shape index (κ3) is 5.60. The van der Waals surface area contributed by atoms with E-state index in [1.165, 1.54) is 5.56 Å². The highest BCUT2D eigenvalue weighted by molar-refractivity contribution is 6.33. The molecule has 0 aromatic heterocycles. The van der Waals surface area contributed by atoms with Crippen molar-refractivity contribution in [1.29, 1.82) is 0 Å². The van der Waals surface area contributed by atoms with Gasteiger partial charge in [-0.25, -0.2) is 0 Å². The molecule has 0 fully saturated rings. The normalized spacial score (nSPS) is 11.1. The average molecular weight is 373 g/mol. The first-order valence-electron chi connectivity index (χ1n) is 8.61. The standard InChI is InChI=1S/C21H25ClN2O2/c1-14-5-10-18(17(22)13-14)24-19(25)11-12-23-20(26)15-6-8-16(9-7-15)21(2,3)4/h5-10,13H,11-12H2,1-4H3,(H,23,26)(H,24,25). The molecule has 0 aliphatic heterocycles. The van der Waals surface area contributed by atoms with Crippen LogP contribution in [0.3, 0.4) is 0 Å². The molecule has 0 aliphatic rings. The van der Waals surface area contributed by atoms with Gasteiger partial charge in [-0.15, -0.1) is 0 Å². The van der Waals surface area contributed by atoms with Crippen LogP contribution in [0.15, 0.2) is 42.5 Å². The SMILES string of the molecule is Cc1ccc(NC(=O)CCNC(=O)c2ccc(C(C)(C)C)cc2)c(Cl)c1. The van der Waals surface area contributed by atoms with Crippen LogP contribution in [0.4, 0.5) is 5.69 Å². The Balaban J connectivity index is 1.83. The third-order valence-corrected chi connectivity index (χ3v) is 4.36. The lowest BCUT2D eigenvalue weighted by molar-refractivity contribution is -0.116. The van der Waals surface area contributed by atoms with Gasteiger partial charge in [-0.1, -0.05) is 50.6 Å². The van der Waals surface area contributed by atoms with Gasteiger partial charge in [0, 0.05) is 18.5 Å². The number of amides is 2. The number of carbonyl (C=O) groups excluding carboxylic acids is 2. The van der Waals surface area contributed by atoms with Gasteiger partial charge in [0.15, 0.2) is 0 Å². The van der Waals surface area contributed by atoms with Crippen LogP contribution in [-0.4, -0.2) is 18.4 Å². The van der Waals surface area contributed by atoms with Crippen molar-refractivity contribution in [2.75, 3.05) is 11.9 Å². The summed E-state index contributed by atoms with van der Waals surface area (Å²) in [5.41, 5.74) is 3.40. The van der Waals surface area contributed by atoms with Crippen LogP contribution in [0, 0.1) is 6.92 Å². The van der Waals surface area contributed by atoms with Gasteiger partial charge in [-0.05, 0) is 47.7 Å². The molecule has 0 saturated carbocycles. The second kappa shape index (κ2) is 8.37. The molecule has 2 aromatic carbocycles. The number of aryl methyl sites for hydroxylation is 1. The second-order valence-corrected chi connectivity index (χ2v) is 7.77. The number of hydrogen-bond donors (Lipinski definition) is 2. The van der Waals surface area contributed by atoms with Crippen molar-refractivity contribution >= 4 is 29.1 Å². The molecule has 5 heteroatoms. The molecule has 138 valence electrons. The Kier molecular flexibility index (Phi) is 6.43. The van der Waals surface area contributed by atoms with Gasteiger partial charge in [0.25, 0.3) is 5.91 Å². The lowest BCUT2D eigenvalue weighted by Gasteiger charge is -2.19. The largest absolute Gasteiger partial charge is 0.352 e. The maximum atomic E-state index is 12.2. The second-order valence-electron chi connectivity index (χ2n) is 7.36. The number of carbonyl (C=O) groups is 2. The summed E-state index contributed by atoms with van der Waals surface area (Å²) in [7, 11) is 0. The molecule has 2 amide bonds. The molecule has 2 rings (SSSR count). The van der Waals surface area contributed by atoms with Gasteiger partial charge in [-0.2, -0.15) is 0 Å². The Hall–Kier alpha value is -2.33. The number of benzene rings is 2. The summed E-state index contributed by atoms with van der Waals surface area (Å²) in [6.45, 7) is 8.57. The highest BCUT2D eigenvalue weighted by atomic mass is 35.5. The third-order valence-electron chi connectivity index (χ3n) is 4.05. The van der Waals surface area contributed by atoms with Gasteiger partial charge in [0.1, 0.15) is 0 Å². The van der Waals surface area contributed by atoms with Crippen molar-refractivity contribution in [2.45, 2.75) is 39.5 Å². The van der Waals surface area contributed by atoms with Gasteiger partial charge < -0.3 is 10.6 Å². The first kappa shape index (κ1) is 20.0. The first-order valence-corrected chi connectivity index (χ1v) is 8.99. The lowest BCUT2D eigenvalue weighted by atomic mass is 9.87. The van der Waals surface area contributed by atoms with E-state index in [1.807, 2.05) is 37.3 Å². The minimum absolute atomic E-state index is 0.0460.